The maximum Gasteiger partial charge on any atom is 0.338 e. The molecule has 40 heavy (non-hydrogen) atoms. The molecule has 2 N–H and O–H groups in total. The Kier molecular flexibility index (Phi) is 7.52. The number of carbonyl (C=O) groups is 3. The second-order valence-electron chi connectivity index (χ2n) is 8.89. The fourth-order valence-corrected chi connectivity index (χ4v) is 4.27. The first-order valence-electron chi connectivity index (χ1n) is 12.3. The summed E-state index contributed by atoms with van der Waals surface area (Å²) in [5, 5.41) is 11.8. The van der Waals surface area contributed by atoms with Crippen LogP contribution in [0, 0.1) is 0 Å². The van der Waals surface area contributed by atoms with E-state index in [4.69, 9.17) is 26.3 Å². The van der Waals surface area contributed by atoms with E-state index in [0.717, 1.165) is 11.1 Å². The second-order valence-corrected chi connectivity index (χ2v) is 9.30. The van der Waals surface area contributed by atoms with Crippen molar-refractivity contribution in [3.63, 3.8) is 0 Å². The molecule has 0 spiro atoms. The molecule has 8 nitrogen and oxygen atoms in total. The number of hydrogen-bond donors (Lipinski definition) is 2. The van der Waals surface area contributed by atoms with Crippen molar-refractivity contribution in [2.45, 2.75) is 13.0 Å². The second kappa shape index (κ2) is 11.3. The zero-order chi connectivity index (χ0) is 28.2. The van der Waals surface area contributed by atoms with Crippen molar-refractivity contribution >= 4 is 46.2 Å². The van der Waals surface area contributed by atoms with Gasteiger partial charge in [0.2, 0.25) is 0 Å². The average molecular weight is 552 g/mol. The normalized spacial score (nSPS) is 11.6. The molecule has 1 unspecified atom stereocenters. The lowest BCUT2D eigenvalue weighted by Gasteiger charge is -2.15. The SMILES string of the molecule is CC(OC(=O)c1ccc2nc(-c3ccccc3)c(-c3ccccc3)nc2c1)C(=O)Nc1ccc(Cl)c(C(=O)O)c1. The third-order valence-electron chi connectivity index (χ3n) is 6.11. The van der Waals surface area contributed by atoms with E-state index in [0.29, 0.717) is 22.4 Å². The summed E-state index contributed by atoms with van der Waals surface area (Å²) < 4.78 is 5.39. The summed E-state index contributed by atoms with van der Waals surface area (Å²) in [5.74, 6) is -2.58. The number of aromatic carboxylic acids is 1. The van der Waals surface area contributed by atoms with E-state index in [1.54, 1.807) is 18.2 Å². The topological polar surface area (TPSA) is 118 Å². The molecule has 0 radical (unpaired) electrons. The van der Waals surface area contributed by atoms with Crippen LogP contribution in [0.3, 0.4) is 0 Å². The van der Waals surface area contributed by atoms with Gasteiger partial charge in [-0.3, -0.25) is 4.79 Å². The highest BCUT2D eigenvalue weighted by Crippen LogP contribution is 2.31. The fraction of sp³-hybridized carbons (Fsp3) is 0.0645. The van der Waals surface area contributed by atoms with E-state index in [1.165, 1.54) is 25.1 Å². The van der Waals surface area contributed by atoms with Gasteiger partial charge in [-0.15, -0.1) is 0 Å². The van der Waals surface area contributed by atoms with Crippen LogP contribution in [0.1, 0.15) is 27.6 Å². The first-order chi connectivity index (χ1) is 19.3. The van der Waals surface area contributed by atoms with Crippen LogP contribution < -0.4 is 5.32 Å². The Labute approximate surface area is 234 Å². The van der Waals surface area contributed by atoms with Gasteiger partial charge in [-0.1, -0.05) is 72.3 Å². The van der Waals surface area contributed by atoms with Crippen molar-refractivity contribution in [3.05, 3.63) is 113 Å². The zero-order valence-corrected chi connectivity index (χ0v) is 21.9. The minimum atomic E-state index is -1.23. The average Bonchev–Trinajstić information content (AvgIpc) is 2.97. The standard InChI is InChI=1S/C31H22ClN3O5/c1-18(29(36)33-22-13-14-24(32)23(17-22)30(37)38)40-31(39)21-12-15-25-26(16-21)35-28(20-10-6-3-7-11-20)27(34-25)19-8-4-2-5-9-19/h2-18H,1H3,(H,33,36)(H,37,38). The number of halogens is 1. The van der Waals surface area contributed by atoms with Gasteiger partial charge in [0.1, 0.15) is 0 Å². The van der Waals surface area contributed by atoms with E-state index < -0.39 is 23.9 Å². The molecule has 198 valence electrons. The minimum Gasteiger partial charge on any atom is -0.478 e. The molecule has 1 amide bonds. The van der Waals surface area contributed by atoms with Crippen molar-refractivity contribution in [3.8, 4) is 22.5 Å². The zero-order valence-electron chi connectivity index (χ0n) is 21.2. The van der Waals surface area contributed by atoms with Crippen molar-refractivity contribution in [1.82, 2.24) is 9.97 Å². The molecule has 1 aromatic heterocycles. The van der Waals surface area contributed by atoms with Gasteiger partial charge in [0.15, 0.2) is 6.10 Å². The first kappa shape index (κ1) is 26.5. The molecule has 0 aliphatic rings. The van der Waals surface area contributed by atoms with Crippen molar-refractivity contribution in [2.24, 2.45) is 0 Å². The Hall–Kier alpha value is -5.08. The monoisotopic (exact) mass is 551 g/mol. The molecule has 9 heteroatoms. The fourth-order valence-electron chi connectivity index (χ4n) is 4.07. The van der Waals surface area contributed by atoms with Gasteiger partial charge in [-0.2, -0.15) is 0 Å². The lowest BCUT2D eigenvalue weighted by Crippen LogP contribution is -2.30. The number of aromatic nitrogens is 2. The van der Waals surface area contributed by atoms with Crippen LogP contribution in [-0.4, -0.2) is 39.0 Å². The van der Waals surface area contributed by atoms with Gasteiger partial charge in [0.25, 0.3) is 5.91 Å². The summed E-state index contributed by atoms with van der Waals surface area (Å²) in [7, 11) is 0. The van der Waals surface area contributed by atoms with Crippen molar-refractivity contribution < 1.29 is 24.2 Å². The van der Waals surface area contributed by atoms with Gasteiger partial charge in [0.05, 0.1) is 38.6 Å². The van der Waals surface area contributed by atoms with Crippen LogP contribution in [0.5, 0.6) is 0 Å². The molecule has 0 aliphatic heterocycles. The Morgan fingerprint density at radius 2 is 1.40 bits per heavy atom. The number of esters is 1. The van der Waals surface area contributed by atoms with Crippen LogP contribution in [0.25, 0.3) is 33.5 Å². The maximum absolute atomic E-state index is 12.9. The van der Waals surface area contributed by atoms with Crippen LogP contribution in [0.4, 0.5) is 5.69 Å². The smallest absolute Gasteiger partial charge is 0.338 e. The van der Waals surface area contributed by atoms with Gasteiger partial charge in [0, 0.05) is 16.8 Å². The number of hydrogen-bond acceptors (Lipinski definition) is 6. The molecule has 4 aromatic carbocycles. The van der Waals surface area contributed by atoms with E-state index >= 15 is 0 Å². The number of rotatable bonds is 7. The highest BCUT2D eigenvalue weighted by molar-refractivity contribution is 6.33. The molecule has 1 heterocycles. The summed E-state index contributed by atoms with van der Waals surface area (Å²) in [6, 6.07) is 28.3. The van der Waals surface area contributed by atoms with Gasteiger partial charge < -0.3 is 15.2 Å². The lowest BCUT2D eigenvalue weighted by atomic mass is 10.0. The Morgan fingerprint density at radius 3 is 2.00 bits per heavy atom. The minimum absolute atomic E-state index is 0.0377. The molecule has 0 saturated heterocycles. The Balaban J connectivity index is 1.40. The predicted molar refractivity (Wildman–Crippen MR) is 152 cm³/mol. The number of ether oxygens (including phenoxy) is 1. The van der Waals surface area contributed by atoms with Crippen LogP contribution >= 0.6 is 11.6 Å². The Morgan fingerprint density at radius 1 is 0.800 bits per heavy atom. The number of carboxylic acid groups (broad SMARTS) is 1. The number of carboxylic acids is 1. The van der Waals surface area contributed by atoms with Crippen molar-refractivity contribution in [1.29, 1.82) is 0 Å². The molecule has 1 atom stereocenters. The molecule has 0 aliphatic carbocycles. The molecular weight excluding hydrogens is 530 g/mol. The molecule has 0 fully saturated rings. The number of nitrogens with zero attached hydrogens (tertiary/aromatic N) is 2. The largest absolute Gasteiger partial charge is 0.478 e. The van der Waals surface area contributed by atoms with Crippen LogP contribution in [-0.2, 0) is 9.53 Å². The summed E-state index contributed by atoms with van der Waals surface area (Å²) in [6.07, 6.45) is -1.17. The number of fused-ring (bicyclic) bond motifs is 1. The van der Waals surface area contributed by atoms with Gasteiger partial charge >= 0.3 is 11.9 Å². The van der Waals surface area contributed by atoms with E-state index in [1.807, 2.05) is 60.7 Å². The highest BCUT2D eigenvalue weighted by atomic mass is 35.5. The molecule has 5 rings (SSSR count). The van der Waals surface area contributed by atoms with Gasteiger partial charge in [-0.05, 0) is 43.3 Å². The van der Waals surface area contributed by atoms with Crippen molar-refractivity contribution in [2.75, 3.05) is 5.32 Å². The third kappa shape index (κ3) is 5.67. The highest BCUT2D eigenvalue weighted by Gasteiger charge is 2.21. The quantitative estimate of drug-likeness (QED) is 0.222. The predicted octanol–water partition coefficient (Wildman–Crippen LogP) is 6.50. The molecule has 0 saturated carbocycles. The van der Waals surface area contributed by atoms with E-state index in [-0.39, 0.29) is 21.8 Å². The third-order valence-corrected chi connectivity index (χ3v) is 6.44. The van der Waals surface area contributed by atoms with Gasteiger partial charge in [-0.25, -0.2) is 19.6 Å². The number of benzene rings is 4. The summed E-state index contributed by atoms with van der Waals surface area (Å²) >= 11 is 5.88. The van der Waals surface area contributed by atoms with E-state index in [2.05, 4.69) is 5.32 Å². The number of carbonyl (C=O) groups excluding carboxylic acids is 2. The first-order valence-corrected chi connectivity index (χ1v) is 12.7. The summed E-state index contributed by atoms with van der Waals surface area (Å²) in [4.78, 5) is 46.6. The number of amides is 1. The Bertz CT molecular complexity index is 1740. The number of anilines is 1. The molecule has 5 aromatic rings. The number of nitrogens with one attached hydrogen (secondary N) is 1. The van der Waals surface area contributed by atoms with Crippen LogP contribution in [0.15, 0.2) is 97.1 Å². The molecule has 0 bridgehead atoms. The molecular formula is C31H22ClN3O5. The maximum atomic E-state index is 12.9. The summed E-state index contributed by atoms with van der Waals surface area (Å²) in [5.41, 5.74) is 4.51. The lowest BCUT2D eigenvalue weighted by molar-refractivity contribution is -0.123. The van der Waals surface area contributed by atoms with E-state index in [9.17, 15) is 19.5 Å². The summed E-state index contributed by atoms with van der Waals surface area (Å²) in [6.45, 7) is 1.42. The van der Waals surface area contributed by atoms with Crippen LogP contribution in [0.2, 0.25) is 5.02 Å².